The van der Waals surface area contributed by atoms with E-state index in [-0.39, 0.29) is 17.4 Å². The van der Waals surface area contributed by atoms with Gasteiger partial charge in [-0.25, -0.2) is 15.0 Å². The molecule has 1 amide bonds. The van der Waals surface area contributed by atoms with Crippen molar-refractivity contribution in [1.29, 1.82) is 0 Å². The van der Waals surface area contributed by atoms with E-state index in [0.717, 1.165) is 36.5 Å². The van der Waals surface area contributed by atoms with E-state index in [2.05, 4.69) is 36.1 Å². The Kier molecular flexibility index (Phi) is 4.67. The third-order valence-electron chi connectivity index (χ3n) is 4.33. The van der Waals surface area contributed by atoms with Crippen molar-refractivity contribution in [2.45, 2.75) is 58.4 Å². The van der Waals surface area contributed by atoms with E-state index in [1.165, 1.54) is 0 Å². The lowest BCUT2D eigenvalue weighted by molar-refractivity contribution is 0.0604. The molecule has 0 aliphatic carbocycles. The number of piperidine rings is 1. The number of aryl methyl sites for hydroxylation is 1. The Morgan fingerprint density at radius 2 is 2.08 bits per heavy atom. The zero-order valence-electron chi connectivity index (χ0n) is 14.7. The molecule has 0 spiro atoms. The highest BCUT2D eigenvalue weighted by Gasteiger charge is 2.32. The van der Waals surface area contributed by atoms with Gasteiger partial charge in [0, 0.05) is 23.5 Å². The van der Waals surface area contributed by atoms with E-state index in [0.29, 0.717) is 11.5 Å². The number of nitrogens with zero attached hydrogens (tertiary/aromatic N) is 4. The molecule has 6 heteroatoms. The fourth-order valence-electron chi connectivity index (χ4n) is 2.94. The molecule has 3 rings (SSSR count). The summed E-state index contributed by atoms with van der Waals surface area (Å²) in [7, 11) is 0. The van der Waals surface area contributed by atoms with Crippen molar-refractivity contribution in [2.24, 2.45) is 0 Å². The Bertz CT molecular complexity index is 735. The van der Waals surface area contributed by atoms with Gasteiger partial charge < -0.3 is 4.90 Å². The fraction of sp³-hybridized carbons (Fsp3) is 0.556. The number of carbonyl (C=O) groups excluding carboxylic acids is 1. The lowest BCUT2D eigenvalue weighted by atomic mass is 9.93. The summed E-state index contributed by atoms with van der Waals surface area (Å²) in [5.41, 5.74) is 1.60. The van der Waals surface area contributed by atoms with Crippen LogP contribution in [0.25, 0.3) is 0 Å². The Morgan fingerprint density at radius 1 is 1.29 bits per heavy atom. The highest BCUT2D eigenvalue weighted by atomic mass is 32.1. The highest BCUT2D eigenvalue weighted by Crippen LogP contribution is 2.35. The van der Waals surface area contributed by atoms with Crippen molar-refractivity contribution < 1.29 is 4.79 Å². The van der Waals surface area contributed by atoms with E-state index < -0.39 is 0 Å². The third kappa shape index (κ3) is 3.48. The van der Waals surface area contributed by atoms with E-state index >= 15 is 0 Å². The number of hydrogen-bond acceptors (Lipinski definition) is 5. The quantitative estimate of drug-likeness (QED) is 0.829. The van der Waals surface area contributed by atoms with Crippen molar-refractivity contribution in [3.8, 4) is 0 Å². The summed E-state index contributed by atoms with van der Waals surface area (Å²) < 4.78 is 0. The second-order valence-electron chi connectivity index (χ2n) is 7.32. The standard InChI is InChI=1S/C18H24N4OS/c1-12-19-9-8-13(20-12)17(23)22-10-6-5-7-14(22)16-21-15(11-24-16)18(2,3)4/h8-9,11,14H,5-7,10H2,1-4H3/t14-/m0/s1. The van der Waals surface area contributed by atoms with Gasteiger partial charge >= 0.3 is 0 Å². The topological polar surface area (TPSA) is 59.0 Å². The van der Waals surface area contributed by atoms with Crippen LogP contribution in [0.5, 0.6) is 0 Å². The first-order valence-electron chi connectivity index (χ1n) is 8.43. The fourth-order valence-corrected chi connectivity index (χ4v) is 4.13. The minimum atomic E-state index is -0.0160. The largest absolute Gasteiger partial charge is 0.328 e. The van der Waals surface area contributed by atoms with Gasteiger partial charge in [0.1, 0.15) is 16.5 Å². The average Bonchev–Trinajstić information content (AvgIpc) is 3.04. The zero-order valence-corrected chi connectivity index (χ0v) is 15.6. The molecule has 0 unspecified atom stereocenters. The van der Waals surface area contributed by atoms with Crippen molar-refractivity contribution in [3.05, 3.63) is 39.9 Å². The third-order valence-corrected chi connectivity index (χ3v) is 5.28. The van der Waals surface area contributed by atoms with Gasteiger partial charge in [-0.1, -0.05) is 20.8 Å². The first-order valence-corrected chi connectivity index (χ1v) is 9.31. The molecule has 0 saturated carbocycles. The lowest BCUT2D eigenvalue weighted by Crippen LogP contribution is -2.39. The summed E-state index contributed by atoms with van der Waals surface area (Å²) in [6.07, 6.45) is 4.77. The molecular formula is C18H24N4OS. The van der Waals surface area contributed by atoms with Crippen molar-refractivity contribution in [1.82, 2.24) is 19.9 Å². The van der Waals surface area contributed by atoms with Crippen LogP contribution in [0.15, 0.2) is 17.6 Å². The normalized spacial score (nSPS) is 18.7. The number of carbonyl (C=O) groups is 1. The van der Waals surface area contributed by atoms with E-state index in [9.17, 15) is 4.79 Å². The number of thiazole rings is 1. The maximum absolute atomic E-state index is 13.0. The van der Waals surface area contributed by atoms with E-state index in [1.807, 2.05) is 4.90 Å². The van der Waals surface area contributed by atoms with E-state index in [4.69, 9.17) is 4.98 Å². The van der Waals surface area contributed by atoms with Crippen LogP contribution in [0.2, 0.25) is 0 Å². The Morgan fingerprint density at radius 3 is 2.75 bits per heavy atom. The van der Waals surface area contributed by atoms with Crippen LogP contribution < -0.4 is 0 Å². The molecule has 5 nitrogen and oxygen atoms in total. The van der Waals surface area contributed by atoms with Crippen LogP contribution in [0.1, 0.15) is 73.1 Å². The number of amides is 1. The van der Waals surface area contributed by atoms with Crippen LogP contribution in [0.4, 0.5) is 0 Å². The smallest absolute Gasteiger partial charge is 0.273 e. The van der Waals surface area contributed by atoms with Crippen LogP contribution >= 0.6 is 11.3 Å². The predicted molar refractivity (Wildman–Crippen MR) is 95.2 cm³/mol. The van der Waals surface area contributed by atoms with Crippen LogP contribution in [-0.2, 0) is 5.41 Å². The van der Waals surface area contributed by atoms with Crippen LogP contribution in [-0.4, -0.2) is 32.3 Å². The van der Waals surface area contributed by atoms with Gasteiger partial charge in [0.25, 0.3) is 5.91 Å². The van der Waals surface area contributed by atoms with E-state index in [1.54, 1.807) is 30.5 Å². The van der Waals surface area contributed by atoms with Gasteiger partial charge in [0.15, 0.2) is 0 Å². The molecule has 1 aliphatic rings. The van der Waals surface area contributed by atoms with Crippen molar-refractivity contribution in [2.75, 3.05) is 6.54 Å². The zero-order chi connectivity index (χ0) is 17.3. The molecule has 0 bridgehead atoms. The number of rotatable bonds is 2. The lowest BCUT2D eigenvalue weighted by Gasteiger charge is -2.34. The molecule has 0 radical (unpaired) electrons. The van der Waals surface area contributed by atoms with Gasteiger partial charge in [0.2, 0.25) is 0 Å². The first-order chi connectivity index (χ1) is 11.4. The summed E-state index contributed by atoms with van der Waals surface area (Å²) in [4.78, 5) is 28.1. The van der Waals surface area contributed by atoms with Gasteiger partial charge in [-0.3, -0.25) is 4.79 Å². The van der Waals surface area contributed by atoms with Crippen molar-refractivity contribution >= 4 is 17.2 Å². The molecule has 128 valence electrons. The molecule has 1 atom stereocenters. The molecule has 1 aliphatic heterocycles. The predicted octanol–water partition coefficient (Wildman–Crippen LogP) is 3.91. The number of hydrogen-bond donors (Lipinski definition) is 0. The van der Waals surface area contributed by atoms with Crippen molar-refractivity contribution in [3.63, 3.8) is 0 Å². The first kappa shape index (κ1) is 17.0. The minimum absolute atomic E-state index is 0.0160. The average molecular weight is 344 g/mol. The van der Waals surface area contributed by atoms with Crippen LogP contribution in [0, 0.1) is 6.92 Å². The highest BCUT2D eigenvalue weighted by molar-refractivity contribution is 7.09. The summed E-state index contributed by atoms with van der Waals surface area (Å²) in [5.74, 6) is 0.608. The summed E-state index contributed by atoms with van der Waals surface area (Å²) >= 11 is 1.66. The molecule has 2 aromatic heterocycles. The van der Waals surface area contributed by atoms with Gasteiger partial charge in [-0.05, 0) is 32.3 Å². The molecule has 0 aromatic carbocycles. The monoisotopic (exact) mass is 344 g/mol. The minimum Gasteiger partial charge on any atom is -0.328 e. The molecule has 24 heavy (non-hydrogen) atoms. The molecule has 1 fully saturated rings. The second-order valence-corrected chi connectivity index (χ2v) is 8.21. The Balaban J connectivity index is 1.88. The number of aromatic nitrogens is 3. The SMILES string of the molecule is Cc1nccc(C(=O)N2CCCC[C@H]2c2nc(C(C)(C)C)cs2)n1. The molecule has 1 saturated heterocycles. The maximum Gasteiger partial charge on any atom is 0.273 e. The second kappa shape index (κ2) is 6.59. The maximum atomic E-state index is 13.0. The van der Waals surface area contributed by atoms with Crippen LogP contribution in [0.3, 0.4) is 0 Å². The summed E-state index contributed by atoms with van der Waals surface area (Å²) in [5, 5.41) is 3.17. The summed E-state index contributed by atoms with van der Waals surface area (Å²) in [6, 6.07) is 1.76. The van der Waals surface area contributed by atoms with Gasteiger partial charge in [0.05, 0.1) is 11.7 Å². The van der Waals surface area contributed by atoms with Gasteiger partial charge in [-0.2, -0.15) is 0 Å². The molecular weight excluding hydrogens is 320 g/mol. The molecule has 0 N–H and O–H groups in total. The summed E-state index contributed by atoms with van der Waals surface area (Å²) in [6.45, 7) is 9.07. The molecule has 3 heterocycles. The number of likely N-dealkylation sites (tertiary alicyclic amines) is 1. The molecule has 2 aromatic rings. The Labute approximate surface area is 147 Å². The Hall–Kier alpha value is -1.82. The van der Waals surface area contributed by atoms with Gasteiger partial charge in [-0.15, -0.1) is 11.3 Å².